The topological polar surface area (TPSA) is 35.8 Å². The lowest BCUT2D eigenvalue weighted by atomic mass is 9.83. The number of anilines is 1. The van der Waals surface area contributed by atoms with Crippen molar-refractivity contribution in [3.63, 3.8) is 0 Å². The van der Waals surface area contributed by atoms with Gasteiger partial charge in [0.15, 0.2) is 0 Å². The Balaban J connectivity index is 1.86. The van der Waals surface area contributed by atoms with Crippen molar-refractivity contribution in [3.8, 4) is 6.07 Å². The average molecular weight is 242 g/mol. The van der Waals surface area contributed by atoms with Crippen LogP contribution in [-0.4, -0.2) is 6.04 Å². The van der Waals surface area contributed by atoms with Gasteiger partial charge in [-0.15, -0.1) is 0 Å². The molecule has 0 unspecified atom stereocenters. The van der Waals surface area contributed by atoms with E-state index in [1.54, 1.807) is 0 Å². The van der Waals surface area contributed by atoms with E-state index in [-0.39, 0.29) is 0 Å². The fraction of sp³-hybridized carbons (Fsp3) is 0.562. The first-order valence-electron chi connectivity index (χ1n) is 7.08. The van der Waals surface area contributed by atoms with Crippen molar-refractivity contribution in [3.05, 3.63) is 29.8 Å². The SMILES string of the molecule is CCCC1CCC(Nc2cccc(C#N)c2)CC1. The minimum absolute atomic E-state index is 0.590. The molecule has 0 atom stereocenters. The van der Waals surface area contributed by atoms with Crippen LogP contribution >= 0.6 is 0 Å². The maximum absolute atomic E-state index is 8.88. The lowest BCUT2D eigenvalue weighted by Crippen LogP contribution is -2.26. The van der Waals surface area contributed by atoms with Gasteiger partial charge in [-0.2, -0.15) is 5.26 Å². The van der Waals surface area contributed by atoms with Gasteiger partial charge in [-0.25, -0.2) is 0 Å². The molecule has 2 rings (SSSR count). The van der Waals surface area contributed by atoms with Crippen molar-refractivity contribution in [1.82, 2.24) is 0 Å². The molecule has 0 spiro atoms. The standard InChI is InChI=1S/C16H22N2/c1-2-4-13-7-9-15(10-8-13)18-16-6-3-5-14(11-16)12-17/h3,5-6,11,13,15,18H,2,4,7-10H2,1H3. The van der Waals surface area contributed by atoms with Gasteiger partial charge >= 0.3 is 0 Å². The maximum atomic E-state index is 8.88. The van der Waals surface area contributed by atoms with Gasteiger partial charge in [0, 0.05) is 11.7 Å². The van der Waals surface area contributed by atoms with E-state index in [4.69, 9.17) is 5.26 Å². The minimum Gasteiger partial charge on any atom is -0.382 e. The molecule has 18 heavy (non-hydrogen) atoms. The molecule has 0 aliphatic heterocycles. The first-order valence-corrected chi connectivity index (χ1v) is 7.08. The molecular formula is C16H22N2. The third kappa shape index (κ3) is 3.50. The van der Waals surface area contributed by atoms with Crippen LogP contribution in [0.4, 0.5) is 5.69 Å². The number of nitriles is 1. The maximum Gasteiger partial charge on any atom is 0.0992 e. The van der Waals surface area contributed by atoms with E-state index in [1.165, 1.54) is 38.5 Å². The lowest BCUT2D eigenvalue weighted by molar-refractivity contribution is 0.319. The second-order valence-corrected chi connectivity index (χ2v) is 5.34. The van der Waals surface area contributed by atoms with Crippen molar-refractivity contribution in [2.75, 3.05) is 5.32 Å². The van der Waals surface area contributed by atoms with Crippen molar-refractivity contribution >= 4 is 5.69 Å². The average Bonchev–Trinajstić information content (AvgIpc) is 2.42. The smallest absolute Gasteiger partial charge is 0.0992 e. The molecule has 1 aromatic rings. The normalized spacial score (nSPS) is 23.3. The molecule has 1 aliphatic carbocycles. The van der Waals surface area contributed by atoms with Crippen LogP contribution in [0.1, 0.15) is 51.0 Å². The summed E-state index contributed by atoms with van der Waals surface area (Å²) in [6.45, 7) is 2.28. The molecular weight excluding hydrogens is 220 g/mol. The number of benzene rings is 1. The van der Waals surface area contributed by atoms with Gasteiger partial charge in [-0.1, -0.05) is 25.8 Å². The second kappa shape index (κ2) is 6.44. The monoisotopic (exact) mass is 242 g/mol. The van der Waals surface area contributed by atoms with E-state index in [9.17, 15) is 0 Å². The van der Waals surface area contributed by atoms with E-state index in [1.807, 2.05) is 18.2 Å². The van der Waals surface area contributed by atoms with Gasteiger partial charge in [0.05, 0.1) is 11.6 Å². The molecule has 0 saturated heterocycles. The van der Waals surface area contributed by atoms with Crippen molar-refractivity contribution in [2.24, 2.45) is 5.92 Å². The van der Waals surface area contributed by atoms with Crippen LogP contribution in [0.15, 0.2) is 24.3 Å². The van der Waals surface area contributed by atoms with Gasteiger partial charge < -0.3 is 5.32 Å². The molecule has 0 radical (unpaired) electrons. The summed E-state index contributed by atoms with van der Waals surface area (Å²) in [5.74, 6) is 0.943. The number of rotatable bonds is 4. The minimum atomic E-state index is 0.590. The van der Waals surface area contributed by atoms with E-state index in [2.05, 4.69) is 24.4 Å². The molecule has 2 heteroatoms. The van der Waals surface area contributed by atoms with Crippen LogP contribution in [0.5, 0.6) is 0 Å². The van der Waals surface area contributed by atoms with E-state index < -0.39 is 0 Å². The Bertz CT molecular complexity index is 411. The summed E-state index contributed by atoms with van der Waals surface area (Å²) < 4.78 is 0. The Morgan fingerprint density at radius 3 is 2.72 bits per heavy atom. The van der Waals surface area contributed by atoms with Crippen LogP contribution in [0.25, 0.3) is 0 Å². The summed E-state index contributed by atoms with van der Waals surface area (Å²) >= 11 is 0. The van der Waals surface area contributed by atoms with Gasteiger partial charge in [0.25, 0.3) is 0 Å². The van der Waals surface area contributed by atoms with Crippen LogP contribution in [-0.2, 0) is 0 Å². The number of hydrogen-bond acceptors (Lipinski definition) is 2. The van der Waals surface area contributed by atoms with E-state index in [0.29, 0.717) is 6.04 Å². The Kier molecular flexibility index (Phi) is 4.64. The van der Waals surface area contributed by atoms with Crippen molar-refractivity contribution < 1.29 is 0 Å². The Morgan fingerprint density at radius 1 is 1.28 bits per heavy atom. The zero-order valence-electron chi connectivity index (χ0n) is 11.2. The summed E-state index contributed by atoms with van der Waals surface area (Å²) in [7, 11) is 0. The highest BCUT2D eigenvalue weighted by Crippen LogP contribution is 2.29. The van der Waals surface area contributed by atoms with E-state index >= 15 is 0 Å². The van der Waals surface area contributed by atoms with Crippen LogP contribution in [0, 0.1) is 17.2 Å². The summed E-state index contributed by atoms with van der Waals surface area (Å²) in [4.78, 5) is 0. The summed E-state index contributed by atoms with van der Waals surface area (Å²) in [5, 5.41) is 12.5. The summed E-state index contributed by atoms with van der Waals surface area (Å²) in [6.07, 6.45) is 7.93. The van der Waals surface area contributed by atoms with Crippen molar-refractivity contribution in [2.45, 2.75) is 51.5 Å². The molecule has 0 heterocycles. The van der Waals surface area contributed by atoms with Gasteiger partial charge in [0.2, 0.25) is 0 Å². The van der Waals surface area contributed by atoms with Gasteiger partial charge in [-0.3, -0.25) is 0 Å². The molecule has 0 aromatic heterocycles. The first kappa shape index (κ1) is 13.0. The Labute approximate surface area is 110 Å². The summed E-state index contributed by atoms with van der Waals surface area (Å²) in [6, 6.07) is 10.6. The zero-order valence-corrected chi connectivity index (χ0v) is 11.2. The number of nitrogens with one attached hydrogen (secondary N) is 1. The molecule has 1 N–H and O–H groups in total. The molecule has 1 aromatic carbocycles. The third-order valence-corrected chi connectivity index (χ3v) is 3.91. The van der Waals surface area contributed by atoms with Crippen molar-refractivity contribution in [1.29, 1.82) is 5.26 Å². The number of nitrogens with zero attached hydrogens (tertiary/aromatic N) is 1. The summed E-state index contributed by atoms with van der Waals surface area (Å²) in [5.41, 5.74) is 1.83. The molecule has 1 aliphatic rings. The van der Waals surface area contributed by atoms with E-state index in [0.717, 1.165) is 17.2 Å². The molecule has 0 amide bonds. The molecule has 96 valence electrons. The molecule has 2 nitrogen and oxygen atoms in total. The quantitative estimate of drug-likeness (QED) is 0.853. The Hall–Kier alpha value is -1.49. The zero-order chi connectivity index (χ0) is 12.8. The highest BCUT2D eigenvalue weighted by Gasteiger charge is 2.20. The first-order chi connectivity index (χ1) is 8.81. The largest absolute Gasteiger partial charge is 0.382 e. The molecule has 1 fully saturated rings. The Morgan fingerprint density at radius 2 is 2.06 bits per heavy atom. The van der Waals surface area contributed by atoms with Gasteiger partial charge in [-0.05, 0) is 49.8 Å². The highest BCUT2D eigenvalue weighted by atomic mass is 14.9. The van der Waals surface area contributed by atoms with Gasteiger partial charge in [0.1, 0.15) is 0 Å². The predicted molar refractivity (Wildman–Crippen MR) is 75.4 cm³/mol. The second-order valence-electron chi connectivity index (χ2n) is 5.34. The lowest BCUT2D eigenvalue weighted by Gasteiger charge is -2.29. The fourth-order valence-corrected chi connectivity index (χ4v) is 2.92. The van der Waals surface area contributed by atoms with Crippen LogP contribution in [0.2, 0.25) is 0 Å². The van der Waals surface area contributed by atoms with Crippen LogP contribution < -0.4 is 5.32 Å². The molecule has 1 saturated carbocycles. The molecule has 0 bridgehead atoms. The fourth-order valence-electron chi connectivity index (χ4n) is 2.92. The predicted octanol–water partition coefficient (Wildman–Crippen LogP) is 4.33. The third-order valence-electron chi connectivity index (χ3n) is 3.91. The number of hydrogen-bond donors (Lipinski definition) is 1. The highest BCUT2D eigenvalue weighted by molar-refractivity contribution is 5.49. The van der Waals surface area contributed by atoms with Crippen LogP contribution in [0.3, 0.4) is 0 Å².